The summed E-state index contributed by atoms with van der Waals surface area (Å²) in [6.45, 7) is 3.66. The van der Waals surface area contributed by atoms with Crippen molar-refractivity contribution in [1.82, 2.24) is 4.98 Å². The number of aryl methyl sites for hydroxylation is 2. The molecule has 3 N–H and O–H groups in total. The van der Waals surface area contributed by atoms with Gasteiger partial charge in [0.05, 0.1) is 4.90 Å². The Morgan fingerprint density at radius 3 is 2.56 bits per heavy atom. The highest BCUT2D eigenvalue weighted by atomic mass is 32.2. The number of nitrogens with two attached hydrogens (primary N) is 1. The van der Waals surface area contributed by atoms with E-state index in [1.165, 1.54) is 17.4 Å². The van der Waals surface area contributed by atoms with Gasteiger partial charge in [-0.25, -0.2) is 13.4 Å². The first-order chi connectivity index (χ1) is 8.37. The predicted octanol–water partition coefficient (Wildman–Crippen LogP) is 2.14. The number of hydrogen-bond acceptors (Lipinski definition) is 5. The topological polar surface area (TPSA) is 85.1 Å². The average molecular weight is 283 g/mol. The minimum atomic E-state index is -3.63. The lowest BCUT2D eigenvalue weighted by Gasteiger charge is -2.07. The Morgan fingerprint density at radius 2 is 2.00 bits per heavy atom. The summed E-state index contributed by atoms with van der Waals surface area (Å²) in [5, 5.41) is 0.354. The highest BCUT2D eigenvalue weighted by molar-refractivity contribution is 7.93. The summed E-state index contributed by atoms with van der Waals surface area (Å²) in [6, 6.07) is 4.71. The van der Waals surface area contributed by atoms with E-state index in [1.54, 1.807) is 25.3 Å². The van der Waals surface area contributed by atoms with Crippen LogP contribution in [0.3, 0.4) is 0 Å². The van der Waals surface area contributed by atoms with E-state index in [0.717, 1.165) is 10.4 Å². The molecule has 2 aromatic rings. The molecule has 0 bridgehead atoms. The monoisotopic (exact) mass is 283 g/mol. The number of hydrogen-bond donors (Lipinski definition) is 2. The maximum Gasteiger partial charge on any atom is 0.263 e. The molecule has 1 aromatic heterocycles. The van der Waals surface area contributed by atoms with Gasteiger partial charge in [-0.1, -0.05) is 0 Å². The van der Waals surface area contributed by atoms with Gasteiger partial charge >= 0.3 is 0 Å². The van der Waals surface area contributed by atoms with Gasteiger partial charge in [-0.05, 0) is 37.6 Å². The second-order valence-corrected chi connectivity index (χ2v) is 6.88. The van der Waals surface area contributed by atoms with Gasteiger partial charge in [-0.3, -0.25) is 4.72 Å². The first kappa shape index (κ1) is 12.8. The lowest BCUT2D eigenvalue weighted by atomic mass is 10.2. The van der Waals surface area contributed by atoms with Gasteiger partial charge in [0.2, 0.25) is 0 Å². The minimum Gasteiger partial charge on any atom is -0.399 e. The Labute approximate surface area is 110 Å². The summed E-state index contributed by atoms with van der Waals surface area (Å²) in [5.41, 5.74) is 6.87. The van der Waals surface area contributed by atoms with Gasteiger partial charge in [0.15, 0.2) is 5.13 Å². The number of benzene rings is 1. The Hall–Kier alpha value is -1.60. The Balaban J connectivity index is 2.36. The number of thiazole rings is 1. The normalized spacial score (nSPS) is 11.4. The van der Waals surface area contributed by atoms with Crippen molar-refractivity contribution in [2.24, 2.45) is 0 Å². The van der Waals surface area contributed by atoms with Gasteiger partial charge < -0.3 is 5.73 Å². The lowest BCUT2D eigenvalue weighted by Crippen LogP contribution is -2.13. The molecule has 0 amide bonds. The van der Waals surface area contributed by atoms with Crippen LogP contribution >= 0.6 is 11.3 Å². The fourth-order valence-electron chi connectivity index (χ4n) is 1.51. The zero-order chi connectivity index (χ0) is 13.3. The molecule has 0 aliphatic heterocycles. The number of nitrogen functional groups attached to an aromatic ring is 1. The molecule has 1 aromatic carbocycles. The molecule has 0 spiro atoms. The summed E-state index contributed by atoms with van der Waals surface area (Å²) in [4.78, 5) is 5.06. The molecule has 1 heterocycles. The SMILES string of the molecule is Cc1cc(N)cc(S(=O)(=O)Nc2ncc(C)s2)c1. The molecular weight excluding hydrogens is 270 g/mol. The first-order valence-electron chi connectivity index (χ1n) is 5.19. The van der Waals surface area contributed by atoms with Crippen LogP contribution in [0.25, 0.3) is 0 Å². The largest absolute Gasteiger partial charge is 0.399 e. The van der Waals surface area contributed by atoms with Gasteiger partial charge in [0, 0.05) is 16.8 Å². The molecule has 0 aliphatic rings. The van der Waals surface area contributed by atoms with Crippen molar-refractivity contribution in [1.29, 1.82) is 0 Å². The average Bonchev–Trinajstić information content (AvgIpc) is 2.61. The van der Waals surface area contributed by atoms with E-state index in [4.69, 9.17) is 5.73 Å². The summed E-state index contributed by atoms with van der Waals surface area (Å²) in [6.07, 6.45) is 1.62. The molecule has 0 radical (unpaired) electrons. The number of sulfonamides is 1. The van der Waals surface area contributed by atoms with Crippen molar-refractivity contribution < 1.29 is 8.42 Å². The Kier molecular flexibility index (Phi) is 3.27. The lowest BCUT2D eigenvalue weighted by molar-refractivity contribution is 0.601. The van der Waals surface area contributed by atoms with Gasteiger partial charge in [-0.2, -0.15) is 0 Å². The molecule has 7 heteroatoms. The Morgan fingerprint density at radius 1 is 1.28 bits per heavy atom. The molecule has 0 saturated heterocycles. The number of nitrogens with one attached hydrogen (secondary N) is 1. The van der Waals surface area contributed by atoms with E-state index in [0.29, 0.717) is 10.8 Å². The molecule has 96 valence electrons. The maximum atomic E-state index is 12.1. The van der Waals surface area contributed by atoms with E-state index < -0.39 is 10.0 Å². The van der Waals surface area contributed by atoms with Crippen LogP contribution in [0.4, 0.5) is 10.8 Å². The zero-order valence-corrected chi connectivity index (χ0v) is 11.6. The van der Waals surface area contributed by atoms with Crippen molar-refractivity contribution in [3.05, 3.63) is 34.8 Å². The molecule has 5 nitrogen and oxygen atoms in total. The quantitative estimate of drug-likeness (QED) is 0.845. The molecule has 0 aliphatic carbocycles. The van der Waals surface area contributed by atoms with E-state index in [9.17, 15) is 8.42 Å². The minimum absolute atomic E-state index is 0.146. The van der Waals surface area contributed by atoms with Gasteiger partial charge in [-0.15, -0.1) is 11.3 Å². The van der Waals surface area contributed by atoms with Crippen LogP contribution in [0, 0.1) is 13.8 Å². The van der Waals surface area contributed by atoms with Gasteiger partial charge in [0.25, 0.3) is 10.0 Å². The highest BCUT2D eigenvalue weighted by Gasteiger charge is 2.16. The van der Waals surface area contributed by atoms with Crippen molar-refractivity contribution in [2.75, 3.05) is 10.5 Å². The third-order valence-corrected chi connectivity index (χ3v) is 4.50. The fourth-order valence-corrected chi connectivity index (χ4v) is 3.55. The van der Waals surface area contributed by atoms with Gasteiger partial charge in [0.1, 0.15) is 0 Å². The van der Waals surface area contributed by atoms with Crippen LogP contribution in [0.2, 0.25) is 0 Å². The highest BCUT2D eigenvalue weighted by Crippen LogP contribution is 2.22. The first-order valence-corrected chi connectivity index (χ1v) is 7.49. The smallest absolute Gasteiger partial charge is 0.263 e. The third kappa shape index (κ3) is 2.80. The zero-order valence-electron chi connectivity index (χ0n) is 9.97. The van der Waals surface area contributed by atoms with E-state index in [-0.39, 0.29) is 4.90 Å². The van der Waals surface area contributed by atoms with Crippen LogP contribution in [-0.4, -0.2) is 13.4 Å². The standard InChI is InChI=1S/C11H13N3O2S2/c1-7-3-9(12)5-10(4-7)18(15,16)14-11-13-6-8(2)17-11/h3-6H,12H2,1-2H3,(H,13,14). The second-order valence-electron chi connectivity index (χ2n) is 3.96. The fraction of sp³-hybridized carbons (Fsp3) is 0.182. The molecule has 0 atom stereocenters. The van der Waals surface area contributed by atoms with E-state index >= 15 is 0 Å². The van der Waals surface area contributed by atoms with Crippen LogP contribution in [0.1, 0.15) is 10.4 Å². The predicted molar refractivity (Wildman–Crippen MR) is 73.3 cm³/mol. The third-order valence-electron chi connectivity index (χ3n) is 2.23. The van der Waals surface area contributed by atoms with Crippen LogP contribution in [0.15, 0.2) is 29.3 Å². The van der Waals surface area contributed by atoms with Crippen molar-refractivity contribution >= 4 is 32.2 Å². The molecule has 0 saturated carbocycles. The van der Waals surface area contributed by atoms with Crippen molar-refractivity contribution in [2.45, 2.75) is 18.7 Å². The van der Waals surface area contributed by atoms with E-state index in [1.807, 2.05) is 6.92 Å². The molecule has 18 heavy (non-hydrogen) atoms. The number of aromatic nitrogens is 1. The molecular formula is C11H13N3O2S2. The second kappa shape index (κ2) is 4.58. The summed E-state index contributed by atoms with van der Waals surface area (Å²) in [5.74, 6) is 0. The Bertz CT molecular complexity index is 657. The van der Waals surface area contributed by atoms with Crippen molar-refractivity contribution in [3.63, 3.8) is 0 Å². The van der Waals surface area contributed by atoms with Crippen LogP contribution in [0.5, 0.6) is 0 Å². The number of anilines is 2. The number of nitrogens with zero attached hydrogens (tertiary/aromatic N) is 1. The summed E-state index contributed by atoms with van der Waals surface area (Å²) in [7, 11) is -3.63. The van der Waals surface area contributed by atoms with Crippen LogP contribution < -0.4 is 10.5 Å². The van der Waals surface area contributed by atoms with Crippen LogP contribution in [-0.2, 0) is 10.0 Å². The molecule has 2 rings (SSSR count). The van der Waals surface area contributed by atoms with E-state index in [2.05, 4.69) is 9.71 Å². The summed E-state index contributed by atoms with van der Waals surface area (Å²) >= 11 is 1.29. The summed E-state index contributed by atoms with van der Waals surface area (Å²) < 4.78 is 26.7. The number of rotatable bonds is 3. The maximum absolute atomic E-state index is 12.1. The molecule has 0 fully saturated rings. The molecule has 0 unspecified atom stereocenters. The van der Waals surface area contributed by atoms with Crippen molar-refractivity contribution in [3.8, 4) is 0 Å².